The van der Waals surface area contributed by atoms with E-state index >= 15 is 0 Å². The Balaban J connectivity index is 3.04. The summed E-state index contributed by atoms with van der Waals surface area (Å²) in [5.74, 6) is 0. The molecule has 0 fully saturated rings. The number of halogens is 1. The van der Waals surface area contributed by atoms with Gasteiger partial charge in [0.2, 0.25) is 0 Å². The van der Waals surface area contributed by atoms with Crippen molar-refractivity contribution < 1.29 is 0 Å². The highest BCUT2D eigenvalue weighted by Crippen LogP contribution is 2.25. The van der Waals surface area contributed by atoms with Crippen molar-refractivity contribution >= 4 is 36.7 Å². The van der Waals surface area contributed by atoms with Crippen molar-refractivity contribution in [2.24, 2.45) is 0 Å². The second kappa shape index (κ2) is 4.62. The molecule has 0 bridgehead atoms. The summed E-state index contributed by atoms with van der Waals surface area (Å²) in [5.41, 5.74) is 2.72. The normalized spacial score (nSPS) is 13.1. The maximum atomic E-state index is 2.49. The monoisotopic (exact) mass is 316 g/mol. The van der Waals surface area contributed by atoms with E-state index < -0.39 is 8.07 Å². The van der Waals surface area contributed by atoms with Crippen LogP contribution in [0.2, 0.25) is 19.6 Å². The van der Waals surface area contributed by atoms with Gasteiger partial charge in [0, 0.05) is 0 Å². The van der Waals surface area contributed by atoms with Gasteiger partial charge in [-0.2, -0.15) is 0 Å². The van der Waals surface area contributed by atoms with Crippen LogP contribution in [-0.4, -0.2) is 8.07 Å². The Hall–Kier alpha value is -0.0931. The molecule has 0 aliphatic carbocycles. The van der Waals surface area contributed by atoms with Crippen LogP contribution in [0.3, 0.4) is 0 Å². The molecule has 0 aliphatic heterocycles. The summed E-state index contributed by atoms with van der Waals surface area (Å²) in [6, 6.07) is 8.55. The molecule has 1 aromatic rings. The van der Waals surface area contributed by atoms with Crippen LogP contribution in [0.1, 0.15) is 11.1 Å². The number of rotatable bonds is 2. The van der Waals surface area contributed by atoms with E-state index in [4.69, 9.17) is 0 Å². The highest BCUT2D eigenvalue weighted by Gasteiger charge is 2.16. The van der Waals surface area contributed by atoms with Gasteiger partial charge in [0.1, 0.15) is 0 Å². The topological polar surface area (TPSA) is 0 Å². The molecule has 0 radical (unpaired) electrons. The Labute approximate surface area is 102 Å². The predicted octanol–water partition coefficient (Wildman–Crippen LogP) is 4.65. The smallest absolute Gasteiger partial charge is 0.0652 e. The molecule has 0 nitrogen and oxygen atoms in total. The molecule has 2 heteroatoms. The lowest BCUT2D eigenvalue weighted by Gasteiger charge is -2.15. The highest BCUT2D eigenvalue weighted by atomic mass is 127. The molecule has 1 rings (SSSR count). The Kier molecular flexibility index (Phi) is 3.95. The molecule has 0 N–H and O–H groups in total. The Morgan fingerprint density at radius 1 is 1.21 bits per heavy atom. The fourth-order valence-corrected chi connectivity index (χ4v) is 2.03. The number of aryl methyl sites for hydroxylation is 1. The van der Waals surface area contributed by atoms with Crippen LogP contribution in [0.4, 0.5) is 0 Å². The molecule has 0 amide bonds. The number of hydrogen-bond acceptors (Lipinski definition) is 0. The van der Waals surface area contributed by atoms with Crippen molar-refractivity contribution in [1.82, 2.24) is 0 Å². The molecular formula is C12H17ISi. The van der Waals surface area contributed by atoms with E-state index in [1.165, 1.54) is 14.3 Å². The first-order valence-electron chi connectivity index (χ1n) is 4.84. The summed E-state index contributed by atoms with van der Waals surface area (Å²) in [6.45, 7) is 9.30. The van der Waals surface area contributed by atoms with Gasteiger partial charge in [0.15, 0.2) is 0 Å². The van der Waals surface area contributed by atoms with Crippen LogP contribution in [0.5, 0.6) is 0 Å². The summed E-state index contributed by atoms with van der Waals surface area (Å²) in [7, 11) is -1.12. The number of benzene rings is 1. The molecule has 0 atom stereocenters. The summed E-state index contributed by atoms with van der Waals surface area (Å²) in [5, 5.41) is 0. The van der Waals surface area contributed by atoms with Crippen LogP contribution in [-0.2, 0) is 0 Å². The summed E-state index contributed by atoms with van der Waals surface area (Å²) >= 11 is 2.49. The van der Waals surface area contributed by atoms with Crippen molar-refractivity contribution in [3.05, 3.63) is 38.6 Å². The van der Waals surface area contributed by atoms with Crippen LogP contribution in [0.25, 0.3) is 6.08 Å². The molecule has 0 aliphatic rings. The lowest BCUT2D eigenvalue weighted by molar-refractivity contribution is 1.44. The fourth-order valence-electron chi connectivity index (χ4n) is 1.10. The zero-order valence-electron chi connectivity index (χ0n) is 9.26. The maximum Gasteiger partial charge on any atom is 0.0854 e. The third-order valence-corrected chi connectivity index (χ3v) is 8.93. The summed E-state index contributed by atoms with van der Waals surface area (Å²) in [6.07, 6.45) is 2.34. The molecule has 1 aromatic carbocycles. The second-order valence-corrected chi connectivity index (χ2v) is 11.8. The molecular weight excluding hydrogens is 299 g/mol. The SMILES string of the molecule is Cc1ccccc1/C=C(\I)[Si](C)(C)C. The van der Waals surface area contributed by atoms with E-state index in [2.05, 4.69) is 79.5 Å². The minimum absolute atomic E-state index is 1.12. The van der Waals surface area contributed by atoms with Gasteiger partial charge in [0.05, 0.1) is 8.07 Å². The first-order chi connectivity index (χ1) is 6.41. The number of hydrogen-bond donors (Lipinski definition) is 0. The highest BCUT2D eigenvalue weighted by molar-refractivity contribution is 14.1. The molecule has 76 valence electrons. The largest absolute Gasteiger partial charge is 0.0854 e. The van der Waals surface area contributed by atoms with E-state index in [-0.39, 0.29) is 0 Å². The third-order valence-electron chi connectivity index (χ3n) is 2.19. The first kappa shape index (κ1) is 12.0. The Morgan fingerprint density at radius 2 is 1.79 bits per heavy atom. The van der Waals surface area contributed by atoms with Gasteiger partial charge in [-0.3, -0.25) is 0 Å². The van der Waals surface area contributed by atoms with Crippen molar-refractivity contribution in [1.29, 1.82) is 0 Å². The quantitative estimate of drug-likeness (QED) is 0.550. The minimum Gasteiger partial charge on any atom is -0.0652 e. The zero-order chi connectivity index (χ0) is 10.8. The molecule has 0 unspecified atom stereocenters. The molecule has 14 heavy (non-hydrogen) atoms. The molecule has 0 spiro atoms. The van der Waals surface area contributed by atoms with Gasteiger partial charge < -0.3 is 0 Å². The van der Waals surface area contributed by atoms with E-state index in [0.29, 0.717) is 0 Å². The zero-order valence-corrected chi connectivity index (χ0v) is 12.4. The van der Waals surface area contributed by atoms with Gasteiger partial charge in [-0.25, -0.2) is 0 Å². The van der Waals surface area contributed by atoms with Crippen LogP contribution < -0.4 is 0 Å². The average molecular weight is 316 g/mol. The molecule has 0 saturated carbocycles. The van der Waals surface area contributed by atoms with Crippen LogP contribution >= 0.6 is 22.6 Å². The first-order valence-corrected chi connectivity index (χ1v) is 9.42. The second-order valence-electron chi connectivity index (χ2n) is 4.60. The van der Waals surface area contributed by atoms with E-state index in [9.17, 15) is 0 Å². The van der Waals surface area contributed by atoms with Crippen LogP contribution in [0, 0.1) is 6.92 Å². The maximum absolute atomic E-state index is 2.49. The molecule has 0 saturated heterocycles. The van der Waals surface area contributed by atoms with Crippen LogP contribution in [0.15, 0.2) is 27.5 Å². The van der Waals surface area contributed by atoms with Gasteiger partial charge in [-0.1, -0.05) is 66.5 Å². The Bertz CT molecular complexity index is 348. The van der Waals surface area contributed by atoms with Gasteiger partial charge in [-0.05, 0) is 27.3 Å². The lowest BCUT2D eigenvalue weighted by Crippen LogP contribution is -2.19. The van der Waals surface area contributed by atoms with Crippen molar-refractivity contribution in [2.45, 2.75) is 26.6 Å². The van der Waals surface area contributed by atoms with Crippen molar-refractivity contribution in [3.8, 4) is 0 Å². The lowest BCUT2D eigenvalue weighted by atomic mass is 10.1. The Morgan fingerprint density at radius 3 is 2.29 bits per heavy atom. The van der Waals surface area contributed by atoms with E-state index in [1.54, 1.807) is 0 Å². The molecule has 0 aromatic heterocycles. The standard InChI is InChI=1S/C12H17ISi/c1-10-7-5-6-8-11(10)9-12(13)14(2,3)4/h5-9H,1-4H3/b12-9+. The third kappa shape index (κ3) is 3.24. The van der Waals surface area contributed by atoms with Crippen molar-refractivity contribution in [2.75, 3.05) is 0 Å². The minimum atomic E-state index is -1.12. The summed E-state index contributed by atoms with van der Waals surface area (Å²) < 4.78 is 1.53. The van der Waals surface area contributed by atoms with E-state index in [0.717, 1.165) is 0 Å². The average Bonchev–Trinajstić information content (AvgIpc) is 2.07. The molecule has 0 heterocycles. The summed E-state index contributed by atoms with van der Waals surface area (Å²) in [4.78, 5) is 0. The van der Waals surface area contributed by atoms with Gasteiger partial charge in [-0.15, -0.1) is 0 Å². The van der Waals surface area contributed by atoms with Gasteiger partial charge in [0.25, 0.3) is 0 Å². The van der Waals surface area contributed by atoms with Crippen molar-refractivity contribution in [3.63, 3.8) is 0 Å². The van der Waals surface area contributed by atoms with Gasteiger partial charge >= 0.3 is 0 Å². The predicted molar refractivity (Wildman–Crippen MR) is 76.5 cm³/mol. The fraction of sp³-hybridized carbons (Fsp3) is 0.333. The van der Waals surface area contributed by atoms with E-state index in [1.807, 2.05) is 0 Å².